The smallest absolute Gasteiger partial charge is 0.258 e. The summed E-state index contributed by atoms with van der Waals surface area (Å²) < 4.78 is 40.2. The maximum Gasteiger partial charge on any atom is 0.258 e. The highest BCUT2D eigenvalue weighted by Crippen LogP contribution is 2.24. The molecule has 0 fully saturated rings. The van der Waals surface area contributed by atoms with Crippen molar-refractivity contribution in [2.24, 2.45) is 5.92 Å². The van der Waals surface area contributed by atoms with E-state index in [1.54, 1.807) is 25.4 Å². The Hall–Kier alpha value is -3.80. The number of carbonyl (C=O) groups excluding carboxylic acids is 1. The largest absolute Gasteiger partial charge is 0.483 e. The van der Waals surface area contributed by atoms with Crippen molar-refractivity contribution in [3.8, 4) is 5.75 Å². The number of nitrogens with one attached hydrogen (secondary N) is 1. The van der Waals surface area contributed by atoms with Crippen molar-refractivity contribution in [3.05, 3.63) is 83.5 Å². The first-order valence-electron chi connectivity index (χ1n) is 13.9. The van der Waals surface area contributed by atoms with Crippen LogP contribution in [0, 0.1) is 26.7 Å². The van der Waals surface area contributed by atoms with E-state index in [-0.39, 0.29) is 30.5 Å². The first-order valence-corrected chi connectivity index (χ1v) is 15.3. The summed E-state index contributed by atoms with van der Waals surface area (Å²) in [5, 5.41) is 14.3. The van der Waals surface area contributed by atoms with Gasteiger partial charge in [0.2, 0.25) is 10.0 Å². The molecule has 4 rings (SSSR count). The molecule has 10 nitrogen and oxygen atoms in total. The first kappa shape index (κ1) is 31.1. The van der Waals surface area contributed by atoms with Crippen LogP contribution in [0.5, 0.6) is 5.75 Å². The number of sulfonamides is 1. The number of ether oxygens (including phenoxy) is 1. The summed E-state index contributed by atoms with van der Waals surface area (Å²) in [6.45, 7) is 8.87. The lowest BCUT2D eigenvalue weighted by molar-refractivity contribution is -0.124. The molecule has 42 heavy (non-hydrogen) atoms. The zero-order valence-corrected chi connectivity index (χ0v) is 25.4. The number of pyridine rings is 1. The summed E-state index contributed by atoms with van der Waals surface area (Å²) in [4.78, 5) is 21.4. The molecule has 224 valence electrons. The van der Waals surface area contributed by atoms with Crippen LogP contribution in [0.1, 0.15) is 36.4 Å². The van der Waals surface area contributed by atoms with Gasteiger partial charge in [0.05, 0.1) is 17.0 Å². The van der Waals surface area contributed by atoms with E-state index < -0.39 is 28.1 Å². The summed E-state index contributed by atoms with van der Waals surface area (Å²) in [5.74, 6) is 0.556. The lowest BCUT2D eigenvalue weighted by Crippen LogP contribution is -2.52. The fourth-order valence-corrected chi connectivity index (χ4v) is 6.44. The zero-order valence-electron chi connectivity index (χ0n) is 24.6. The van der Waals surface area contributed by atoms with Gasteiger partial charge in [-0.05, 0) is 43.9 Å². The van der Waals surface area contributed by atoms with Gasteiger partial charge < -0.3 is 19.6 Å². The molecule has 2 heterocycles. The Morgan fingerprint density at radius 1 is 1.05 bits per heavy atom. The minimum Gasteiger partial charge on any atom is -0.483 e. The average Bonchev–Trinajstić information content (AvgIpc) is 3.31. The van der Waals surface area contributed by atoms with Gasteiger partial charge in [-0.25, -0.2) is 13.4 Å². The van der Waals surface area contributed by atoms with Crippen molar-refractivity contribution in [1.82, 2.24) is 19.6 Å². The molecule has 0 saturated heterocycles. The topological polar surface area (TPSA) is 135 Å². The Bertz CT molecular complexity index is 1600. The molecule has 0 radical (unpaired) electrons. The molecule has 2 atom stereocenters. The zero-order chi connectivity index (χ0) is 30.4. The second-order valence-electron chi connectivity index (χ2n) is 10.9. The molecule has 2 aromatic carbocycles. The van der Waals surface area contributed by atoms with E-state index in [1.165, 1.54) is 16.4 Å². The van der Waals surface area contributed by atoms with E-state index in [9.17, 15) is 18.3 Å². The van der Waals surface area contributed by atoms with E-state index >= 15 is 0 Å². The predicted octanol–water partition coefficient (Wildman–Crippen LogP) is 3.96. The molecule has 2 aromatic heterocycles. The van der Waals surface area contributed by atoms with Crippen molar-refractivity contribution >= 4 is 27.0 Å². The van der Waals surface area contributed by atoms with Gasteiger partial charge in [0.25, 0.3) is 5.91 Å². The van der Waals surface area contributed by atoms with Crippen LogP contribution in [-0.4, -0.2) is 65.5 Å². The molecule has 11 heteroatoms. The van der Waals surface area contributed by atoms with Gasteiger partial charge >= 0.3 is 0 Å². The van der Waals surface area contributed by atoms with Gasteiger partial charge in [-0.1, -0.05) is 44.2 Å². The number of aromatic nitrogens is 2. The Labute approximate surface area is 246 Å². The molecule has 1 amide bonds. The number of amides is 1. The molecule has 2 N–H and O–H groups in total. The van der Waals surface area contributed by atoms with E-state index in [0.717, 1.165) is 16.7 Å². The molecule has 0 aliphatic carbocycles. The number of hydrogen-bond acceptors (Lipinski definition) is 8. The minimum atomic E-state index is -4.02. The third-order valence-corrected chi connectivity index (χ3v) is 8.60. The van der Waals surface area contributed by atoms with E-state index in [0.29, 0.717) is 29.2 Å². The molecular formula is C31H38N4O6S. The number of oxazole rings is 1. The van der Waals surface area contributed by atoms with Crippen LogP contribution >= 0.6 is 0 Å². The monoisotopic (exact) mass is 594 g/mol. The number of carbonyl (C=O) groups is 1. The van der Waals surface area contributed by atoms with Crippen LogP contribution < -0.4 is 10.1 Å². The van der Waals surface area contributed by atoms with Crippen molar-refractivity contribution in [3.63, 3.8) is 0 Å². The average molecular weight is 595 g/mol. The number of nitrogens with zero attached hydrogens (tertiary/aromatic N) is 3. The van der Waals surface area contributed by atoms with Crippen LogP contribution in [-0.2, 0) is 21.2 Å². The third kappa shape index (κ3) is 7.72. The highest BCUT2D eigenvalue weighted by Gasteiger charge is 2.32. The van der Waals surface area contributed by atoms with Crippen LogP contribution in [0.3, 0.4) is 0 Å². The van der Waals surface area contributed by atoms with Crippen molar-refractivity contribution in [2.45, 2.75) is 58.1 Å². The molecular weight excluding hydrogens is 556 g/mol. The molecule has 4 aromatic rings. The summed E-state index contributed by atoms with van der Waals surface area (Å²) in [6, 6.07) is 13.2. The van der Waals surface area contributed by atoms with Gasteiger partial charge in [0.1, 0.15) is 11.3 Å². The van der Waals surface area contributed by atoms with Crippen molar-refractivity contribution in [1.29, 1.82) is 0 Å². The number of rotatable bonds is 13. The quantitative estimate of drug-likeness (QED) is 0.238. The standard InChI is InChI=1S/C31H38N4O6S/c1-20(2)17-35(42(38,39)25-11-12-26-29(14-25)41-23(5)33-26)18-28(36)27(13-24-9-7-6-8-10-24)34-30(37)19-40-31-21(3)15-32-16-22(31)4/h6-12,14-16,20,27-28,36H,13,17-19H2,1-5H3,(H,34,37)/t27-,28+/m0/s1. The van der Waals surface area contributed by atoms with Gasteiger partial charge in [0, 0.05) is 49.6 Å². The normalized spacial score (nSPS) is 13.4. The summed E-state index contributed by atoms with van der Waals surface area (Å²) in [7, 11) is -4.02. The summed E-state index contributed by atoms with van der Waals surface area (Å²) in [6.07, 6.45) is 2.39. The second-order valence-corrected chi connectivity index (χ2v) is 12.8. The second kappa shape index (κ2) is 13.5. The Balaban J connectivity index is 1.56. The molecule has 0 aliphatic rings. The number of aliphatic hydroxyl groups is 1. The van der Waals surface area contributed by atoms with Crippen LogP contribution in [0.25, 0.3) is 11.1 Å². The van der Waals surface area contributed by atoms with Gasteiger partial charge in [-0.2, -0.15) is 4.31 Å². The van der Waals surface area contributed by atoms with Gasteiger partial charge in [-0.15, -0.1) is 0 Å². The van der Waals surface area contributed by atoms with Gasteiger partial charge in [0.15, 0.2) is 18.1 Å². The fraction of sp³-hybridized carbons (Fsp3) is 0.387. The predicted molar refractivity (Wildman–Crippen MR) is 160 cm³/mol. The van der Waals surface area contributed by atoms with Crippen LogP contribution in [0.4, 0.5) is 0 Å². The van der Waals surface area contributed by atoms with Crippen molar-refractivity contribution in [2.75, 3.05) is 19.7 Å². The number of aryl methyl sites for hydroxylation is 3. The highest BCUT2D eigenvalue weighted by molar-refractivity contribution is 7.89. The maximum atomic E-state index is 13.8. The third-order valence-electron chi connectivity index (χ3n) is 6.77. The van der Waals surface area contributed by atoms with Gasteiger partial charge in [-0.3, -0.25) is 9.78 Å². The van der Waals surface area contributed by atoms with Crippen LogP contribution in [0.2, 0.25) is 0 Å². The molecule has 0 saturated carbocycles. The van der Waals surface area contributed by atoms with Crippen LogP contribution in [0.15, 0.2) is 70.2 Å². The van der Waals surface area contributed by atoms with E-state index in [1.807, 2.05) is 58.0 Å². The Morgan fingerprint density at radius 3 is 2.40 bits per heavy atom. The molecule has 0 aliphatic heterocycles. The SMILES string of the molecule is Cc1nc2ccc(S(=O)(=O)N(CC(C)C)C[C@@H](O)[C@H](Cc3ccccc3)NC(=O)COc3c(C)cncc3C)cc2o1. The van der Waals surface area contributed by atoms with E-state index in [2.05, 4.69) is 15.3 Å². The lowest BCUT2D eigenvalue weighted by Gasteiger charge is -2.30. The number of fused-ring (bicyclic) bond motifs is 1. The highest BCUT2D eigenvalue weighted by atomic mass is 32.2. The maximum absolute atomic E-state index is 13.8. The fourth-order valence-electron chi connectivity index (χ4n) is 4.80. The molecule has 0 bridgehead atoms. The van der Waals surface area contributed by atoms with E-state index in [4.69, 9.17) is 9.15 Å². The first-order chi connectivity index (χ1) is 19.9. The summed E-state index contributed by atoms with van der Waals surface area (Å²) in [5.41, 5.74) is 3.42. The lowest BCUT2D eigenvalue weighted by atomic mass is 10.0. The Kier molecular flexibility index (Phi) is 9.97. The Morgan fingerprint density at radius 2 is 1.74 bits per heavy atom. The molecule has 0 spiro atoms. The van der Waals surface area contributed by atoms with Crippen molar-refractivity contribution < 1.29 is 27.5 Å². The minimum absolute atomic E-state index is 0.0226. The summed E-state index contributed by atoms with van der Waals surface area (Å²) >= 11 is 0. The molecule has 0 unspecified atom stereocenters. The number of benzene rings is 2. The number of hydrogen-bond donors (Lipinski definition) is 2. The number of aliphatic hydroxyl groups excluding tert-OH is 1.